The van der Waals surface area contributed by atoms with E-state index >= 15 is 0 Å². The number of methoxy groups -OCH3 is 1. The largest absolute Gasteiger partial charge is 0.392 e. The highest BCUT2D eigenvalue weighted by Crippen LogP contribution is 2.50. The molecule has 11 aliphatic rings. The normalized spacial score (nSPS) is 51.7. The molecule has 0 saturated carbocycles. The quantitative estimate of drug-likeness (QED) is 0.356. The third kappa shape index (κ3) is 7.68. The molecule has 20 atom stereocenters. The highest BCUT2D eigenvalue weighted by atomic mass is 16.7. The Morgan fingerprint density at radius 3 is 2.37 bits per heavy atom. The van der Waals surface area contributed by atoms with E-state index in [4.69, 9.17) is 43.6 Å². The van der Waals surface area contributed by atoms with Crippen LogP contribution in [0.25, 0.3) is 0 Å². The second-order valence-corrected chi connectivity index (χ2v) is 18.3. The lowest BCUT2D eigenvalue weighted by Crippen LogP contribution is -2.58. The third-order valence-electron chi connectivity index (χ3n) is 14.4. The number of hydrogen-bond acceptors (Lipinski definition) is 12. The van der Waals surface area contributed by atoms with Crippen LogP contribution in [0.4, 0.5) is 0 Å². The van der Waals surface area contributed by atoms with E-state index in [1.54, 1.807) is 7.11 Å². The summed E-state index contributed by atoms with van der Waals surface area (Å²) < 4.78 is 52.7. The average molecular weight is 760 g/mol. The zero-order valence-corrected chi connectivity index (χ0v) is 32.7. The number of Topliss-reactive ketones (excluding diaryl/α,β-unsaturated/α-hetero) is 1. The van der Waals surface area contributed by atoms with Gasteiger partial charge in [-0.2, -0.15) is 0 Å². The van der Waals surface area contributed by atoms with E-state index in [2.05, 4.69) is 33.9 Å². The van der Waals surface area contributed by atoms with Crippen LogP contribution < -0.4 is 5.73 Å². The van der Waals surface area contributed by atoms with Gasteiger partial charge in [0.15, 0.2) is 5.79 Å². The maximum atomic E-state index is 14.0. The van der Waals surface area contributed by atoms with Crippen LogP contribution in [0.2, 0.25) is 0 Å². The number of aliphatic hydroxyl groups excluding tert-OH is 1. The summed E-state index contributed by atoms with van der Waals surface area (Å²) in [5.74, 6) is -1.10. The van der Waals surface area contributed by atoms with Crippen molar-refractivity contribution in [1.29, 1.82) is 0 Å². The molecule has 0 radical (unpaired) electrons. The second-order valence-electron chi connectivity index (χ2n) is 18.3. The van der Waals surface area contributed by atoms with Crippen molar-refractivity contribution < 1.29 is 52.9 Å². The third-order valence-corrected chi connectivity index (χ3v) is 14.4. The van der Waals surface area contributed by atoms with Crippen molar-refractivity contribution in [1.82, 2.24) is 0 Å². The highest BCUT2D eigenvalue weighted by molar-refractivity contribution is 5.79. The first-order valence-corrected chi connectivity index (χ1v) is 20.9. The Labute approximate surface area is 320 Å². The van der Waals surface area contributed by atoms with Crippen molar-refractivity contribution >= 4 is 5.78 Å². The molecule has 12 heteroatoms. The van der Waals surface area contributed by atoms with Crippen molar-refractivity contribution in [2.45, 2.75) is 195 Å². The summed E-state index contributed by atoms with van der Waals surface area (Å²) in [5, 5.41) is 22.3. The highest BCUT2D eigenvalue weighted by Gasteiger charge is 2.62. The monoisotopic (exact) mass is 759 g/mol. The summed E-state index contributed by atoms with van der Waals surface area (Å²) in [7, 11) is 1.65. The fraction of sp³-hybridized carbons (Fsp3) is 0.881. The molecule has 12 nitrogen and oxygen atoms in total. The SMILES string of the molecule is C=C1CC2OC1CCC1C[C@@H](C)C(=C)C(C[C@@H]3OC(CC(O)CN)[C@H](OC)C3CC(=O)CC3CCC4O[C@H]5C6O[C@](O)(C[C@@H]2C)C[C@H]6O[C@H]5C(C)[C@H]4O3)O1. The van der Waals surface area contributed by atoms with E-state index < -0.39 is 18.0 Å². The molecule has 0 aromatic rings. The molecule has 0 aromatic carbocycles. The lowest BCUT2D eigenvalue weighted by molar-refractivity contribution is -0.270. The van der Waals surface area contributed by atoms with Crippen LogP contribution in [0.3, 0.4) is 0 Å². The molecule has 11 heterocycles. The fourth-order valence-corrected chi connectivity index (χ4v) is 11.4. The molecule has 11 fully saturated rings. The van der Waals surface area contributed by atoms with Gasteiger partial charge in [0.1, 0.15) is 18.0 Å². The number of ketones is 1. The molecule has 11 unspecified atom stereocenters. The predicted octanol–water partition coefficient (Wildman–Crippen LogP) is 3.91. The molecule has 0 aliphatic carbocycles. The fourth-order valence-electron chi connectivity index (χ4n) is 11.4. The van der Waals surface area contributed by atoms with E-state index in [9.17, 15) is 15.0 Å². The van der Waals surface area contributed by atoms with Crippen molar-refractivity contribution in [2.24, 2.45) is 29.4 Å². The van der Waals surface area contributed by atoms with Crippen LogP contribution in [0.15, 0.2) is 24.3 Å². The average Bonchev–Trinajstić information content (AvgIpc) is 3.85. The molecule has 0 amide bonds. The van der Waals surface area contributed by atoms with Gasteiger partial charge < -0.3 is 53.8 Å². The first-order chi connectivity index (χ1) is 25.8. The van der Waals surface area contributed by atoms with Gasteiger partial charge in [0.05, 0.1) is 79.4 Å². The Kier molecular flexibility index (Phi) is 11.6. The Morgan fingerprint density at radius 2 is 1.59 bits per heavy atom. The van der Waals surface area contributed by atoms with Crippen LogP contribution in [0.1, 0.15) is 97.8 Å². The Bertz CT molecular complexity index is 1400. The minimum atomic E-state index is -1.32. The van der Waals surface area contributed by atoms with E-state index in [1.807, 2.05) is 0 Å². The van der Waals surface area contributed by atoms with Crippen LogP contribution in [-0.4, -0.2) is 127 Å². The summed E-state index contributed by atoms with van der Waals surface area (Å²) in [5.41, 5.74) is 7.94. The van der Waals surface area contributed by atoms with Crippen LogP contribution in [0, 0.1) is 23.7 Å². The summed E-state index contributed by atoms with van der Waals surface area (Å²) in [6, 6.07) is 0. The van der Waals surface area contributed by atoms with E-state index in [0.29, 0.717) is 38.5 Å². The number of rotatable bonds is 4. The molecular formula is C42H65NO11. The molecule has 12 bridgehead atoms. The lowest BCUT2D eigenvalue weighted by atomic mass is 9.81. The van der Waals surface area contributed by atoms with Gasteiger partial charge in [0.25, 0.3) is 0 Å². The molecule has 304 valence electrons. The standard InChI is InChI=1S/C42H65NO11/c1-20-11-27-7-9-30-21(2)12-32(50-30)22(3)17-42(46)18-36-40(54-42)41-38(53-36)24(5)37-31(52-41)10-8-28(49-37)13-25(44)14-29-34(16-33(48-27)23(20)4)51-35(39(29)47-6)15-26(45)19-43/h20,22,24,26-41,45-46H,2,4,7-19,43H2,1,3,5-6H3/t20-,22+,24?,26?,27?,28?,29?,30?,31?,32?,33?,34+,35?,36-,37-,38+,39-,40?,41-,42-/m1/s1. The molecule has 11 rings (SSSR count). The van der Waals surface area contributed by atoms with E-state index in [0.717, 1.165) is 43.3 Å². The van der Waals surface area contributed by atoms with E-state index in [-0.39, 0.29) is 122 Å². The molecule has 0 aromatic heterocycles. The van der Waals surface area contributed by atoms with Crippen LogP contribution in [-0.2, 0) is 42.7 Å². The Balaban J connectivity index is 1.04. The zero-order valence-electron chi connectivity index (χ0n) is 32.7. The van der Waals surface area contributed by atoms with Crippen LogP contribution in [0.5, 0.6) is 0 Å². The zero-order chi connectivity index (χ0) is 38.1. The van der Waals surface area contributed by atoms with Crippen molar-refractivity contribution in [3.8, 4) is 0 Å². The first kappa shape index (κ1) is 39.5. The maximum Gasteiger partial charge on any atom is 0.168 e. The smallest absolute Gasteiger partial charge is 0.168 e. The Morgan fingerprint density at radius 1 is 0.815 bits per heavy atom. The Hall–Kier alpha value is -1.29. The van der Waals surface area contributed by atoms with Gasteiger partial charge in [-0.25, -0.2) is 0 Å². The summed E-state index contributed by atoms with van der Waals surface area (Å²) in [6.45, 7) is 15.5. The van der Waals surface area contributed by atoms with Gasteiger partial charge in [-0.05, 0) is 61.5 Å². The number of carbonyl (C=O) groups is 1. The van der Waals surface area contributed by atoms with Crippen molar-refractivity contribution in [3.05, 3.63) is 24.3 Å². The van der Waals surface area contributed by atoms with Gasteiger partial charge >= 0.3 is 0 Å². The minimum absolute atomic E-state index is 0.00973. The maximum absolute atomic E-state index is 14.0. The van der Waals surface area contributed by atoms with Crippen molar-refractivity contribution in [2.75, 3.05) is 13.7 Å². The molecule has 11 aliphatic heterocycles. The van der Waals surface area contributed by atoms with E-state index in [1.165, 1.54) is 0 Å². The summed E-state index contributed by atoms with van der Waals surface area (Å²) in [4.78, 5) is 14.0. The predicted molar refractivity (Wildman–Crippen MR) is 197 cm³/mol. The number of aliphatic hydroxyl groups is 2. The number of fused-ring (bicyclic) bond motifs is 1. The van der Waals surface area contributed by atoms with Gasteiger partial charge in [-0.1, -0.05) is 33.9 Å². The first-order valence-electron chi connectivity index (χ1n) is 20.9. The molecule has 11 saturated heterocycles. The molecule has 0 spiro atoms. The molecule has 54 heavy (non-hydrogen) atoms. The summed E-state index contributed by atoms with van der Waals surface area (Å²) in [6.07, 6.45) is 3.10. The number of hydrogen-bond donors (Lipinski definition) is 3. The minimum Gasteiger partial charge on any atom is -0.392 e. The second kappa shape index (κ2) is 15.8. The van der Waals surface area contributed by atoms with Gasteiger partial charge in [-0.3, -0.25) is 4.79 Å². The van der Waals surface area contributed by atoms with Crippen molar-refractivity contribution in [3.63, 3.8) is 0 Å². The van der Waals surface area contributed by atoms with Crippen LogP contribution >= 0.6 is 0 Å². The number of nitrogens with two attached hydrogens (primary N) is 1. The molecular weight excluding hydrogens is 694 g/mol. The number of ether oxygens (including phenoxy) is 8. The van der Waals surface area contributed by atoms with Gasteiger partial charge in [0.2, 0.25) is 0 Å². The van der Waals surface area contributed by atoms with Gasteiger partial charge in [-0.15, -0.1) is 0 Å². The lowest BCUT2D eigenvalue weighted by Gasteiger charge is -2.48. The molecule has 4 N–H and O–H groups in total. The summed E-state index contributed by atoms with van der Waals surface area (Å²) >= 11 is 0. The topological polar surface area (TPSA) is 157 Å². The number of carbonyl (C=O) groups excluding carboxylic acids is 1. The van der Waals surface area contributed by atoms with Gasteiger partial charge in [0, 0.05) is 64.0 Å².